The van der Waals surface area contributed by atoms with Crippen LogP contribution in [0.5, 0.6) is 0 Å². The molecule has 0 unspecified atom stereocenters. The highest BCUT2D eigenvalue weighted by molar-refractivity contribution is 14.0. The van der Waals surface area contributed by atoms with Crippen LogP contribution in [0.2, 0.25) is 0 Å². The molecule has 0 radical (unpaired) electrons. The van der Waals surface area contributed by atoms with E-state index in [0.29, 0.717) is 19.0 Å². The van der Waals surface area contributed by atoms with E-state index in [9.17, 15) is 0 Å². The van der Waals surface area contributed by atoms with Gasteiger partial charge in [-0.3, -0.25) is 4.99 Å². The highest BCUT2D eigenvalue weighted by Gasteiger charge is 2.02. The zero-order valence-corrected chi connectivity index (χ0v) is 14.7. The SMILES string of the molecule is CN=C(NCc1cc(C)nc(C)n1)NCc1ccco1.I. The third-order valence-corrected chi connectivity index (χ3v) is 2.69. The summed E-state index contributed by atoms with van der Waals surface area (Å²) in [5.74, 6) is 2.34. The van der Waals surface area contributed by atoms with Gasteiger partial charge in [-0.05, 0) is 32.0 Å². The molecule has 0 aromatic carbocycles. The summed E-state index contributed by atoms with van der Waals surface area (Å²) in [5, 5.41) is 6.38. The molecule has 0 saturated heterocycles. The van der Waals surface area contributed by atoms with Crippen LogP contribution in [-0.2, 0) is 13.1 Å². The number of furan rings is 1. The number of aliphatic imine (C=N–C) groups is 1. The molecule has 0 spiro atoms. The number of nitrogens with zero attached hydrogens (tertiary/aromatic N) is 3. The molecule has 0 aliphatic carbocycles. The largest absolute Gasteiger partial charge is 0.467 e. The Hall–Kier alpha value is -1.64. The summed E-state index contributed by atoms with van der Waals surface area (Å²) in [5.41, 5.74) is 1.91. The van der Waals surface area contributed by atoms with Crippen LogP contribution in [0.1, 0.15) is 23.0 Å². The summed E-state index contributed by atoms with van der Waals surface area (Å²) in [6.45, 7) is 5.04. The first-order valence-electron chi connectivity index (χ1n) is 6.45. The van der Waals surface area contributed by atoms with Gasteiger partial charge in [-0.2, -0.15) is 0 Å². The van der Waals surface area contributed by atoms with Gasteiger partial charge in [-0.15, -0.1) is 24.0 Å². The van der Waals surface area contributed by atoms with Crippen LogP contribution in [0.4, 0.5) is 0 Å². The monoisotopic (exact) mass is 401 g/mol. The zero-order valence-electron chi connectivity index (χ0n) is 12.4. The van der Waals surface area contributed by atoms with Crippen LogP contribution in [0.25, 0.3) is 0 Å². The predicted molar refractivity (Wildman–Crippen MR) is 92.7 cm³/mol. The summed E-state index contributed by atoms with van der Waals surface area (Å²) < 4.78 is 5.26. The minimum atomic E-state index is 0. The maximum Gasteiger partial charge on any atom is 0.191 e. The number of guanidine groups is 1. The van der Waals surface area contributed by atoms with E-state index in [0.717, 1.165) is 23.0 Å². The Morgan fingerprint density at radius 1 is 1.24 bits per heavy atom. The fourth-order valence-electron chi connectivity index (χ4n) is 1.86. The molecule has 2 N–H and O–H groups in total. The molecule has 0 fully saturated rings. The summed E-state index contributed by atoms with van der Waals surface area (Å²) in [7, 11) is 1.73. The molecule has 0 saturated carbocycles. The lowest BCUT2D eigenvalue weighted by Gasteiger charge is -2.11. The van der Waals surface area contributed by atoms with Gasteiger partial charge in [0, 0.05) is 12.7 Å². The average Bonchev–Trinajstić information content (AvgIpc) is 2.91. The summed E-state index contributed by atoms with van der Waals surface area (Å²) in [6.07, 6.45) is 1.65. The Morgan fingerprint density at radius 3 is 2.62 bits per heavy atom. The van der Waals surface area contributed by atoms with Gasteiger partial charge in [0.1, 0.15) is 11.6 Å². The predicted octanol–water partition coefficient (Wildman–Crippen LogP) is 2.17. The molecule has 0 aliphatic heterocycles. The van der Waals surface area contributed by atoms with Crippen molar-refractivity contribution in [2.75, 3.05) is 7.05 Å². The molecule has 0 bridgehead atoms. The van der Waals surface area contributed by atoms with Crippen LogP contribution in [0.15, 0.2) is 33.9 Å². The van der Waals surface area contributed by atoms with E-state index in [-0.39, 0.29) is 24.0 Å². The Labute approximate surface area is 141 Å². The molecular weight excluding hydrogens is 381 g/mol. The number of rotatable bonds is 4. The van der Waals surface area contributed by atoms with Gasteiger partial charge in [0.25, 0.3) is 0 Å². The minimum absolute atomic E-state index is 0. The van der Waals surface area contributed by atoms with Crippen LogP contribution in [0.3, 0.4) is 0 Å². The Balaban J connectivity index is 0.00000220. The second-order valence-electron chi connectivity index (χ2n) is 4.41. The molecule has 2 aromatic rings. The third kappa shape index (κ3) is 5.70. The number of nitrogens with one attached hydrogen (secondary N) is 2. The molecular formula is C14H20IN5O. The number of halogens is 1. The van der Waals surface area contributed by atoms with Crippen LogP contribution < -0.4 is 10.6 Å². The van der Waals surface area contributed by atoms with E-state index in [1.165, 1.54) is 0 Å². The molecule has 2 heterocycles. The first-order chi connectivity index (χ1) is 9.67. The smallest absolute Gasteiger partial charge is 0.191 e. The topological polar surface area (TPSA) is 75.3 Å². The first kappa shape index (κ1) is 17.4. The number of aromatic nitrogens is 2. The fourth-order valence-corrected chi connectivity index (χ4v) is 1.86. The van der Waals surface area contributed by atoms with Gasteiger partial charge in [-0.1, -0.05) is 0 Å². The van der Waals surface area contributed by atoms with Gasteiger partial charge in [0.2, 0.25) is 0 Å². The van der Waals surface area contributed by atoms with Gasteiger partial charge >= 0.3 is 0 Å². The van der Waals surface area contributed by atoms with Crippen molar-refractivity contribution in [2.45, 2.75) is 26.9 Å². The average molecular weight is 401 g/mol. The van der Waals surface area contributed by atoms with Gasteiger partial charge in [-0.25, -0.2) is 9.97 Å². The van der Waals surface area contributed by atoms with Gasteiger partial charge < -0.3 is 15.1 Å². The summed E-state index contributed by atoms with van der Waals surface area (Å²) >= 11 is 0. The second kappa shape index (κ2) is 8.60. The highest BCUT2D eigenvalue weighted by atomic mass is 127. The van der Waals surface area contributed by atoms with E-state index >= 15 is 0 Å². The Kier molecular flexibility index (Phi) is 7.13. The Bertz CT molecular complexity index is 563. The van der Waals surface area contributed by atoms with Crippen molar-refractivity contribution >= 4 is 29.9 Å². The fraction of sp³-hybridized carbons (Fsp3) is 0.357. The minimum Gasteiger partial charge on any atom is -0.467 e. The van der Waals surface area contributed by atoms with E-state index in [2.05, 4.69) is 25.6 Å². The molecule has 21 heavy (non-hydrogen) atoms. The molecule has 2 rings (SSSR count). The van der Waals surface area contributed by atoms with E-state index in [1.807, 2.05) is 32.0 Å². The van der Waals surface area contributed by atoms with Crippen LogP contribution in [-0.4, -0.2) is 23.0 Å². The van der Waals surface area contributed by atoms with Crippen molar-refractivity contribution in [3.05, 3.63) is 47.4 Å². The van der Waals surface area contributed by atoms with Gasteiger partial charge in [0.05, 0.1) is 25.0 Å². The summed E-state index contributed by atoms with van der Waals surface area (Å²) in [6, 6.07) is 5.73. The van der Waals surface area contributed by atoms with Crippen LogP contribution >= 0.6 is 24.0 Å². The normalized spacial score (nSPS) is 10.9. The standard InChI is InChI=1S/C14H19N5O.HI/c1-10-7-12(19-11(2)18-10)8-16-14(15-3)17-9-13-5-4-6-20-13;/h4-7H,8-9H2,1-3H3,(H2,15,16,17);1H. The Morgan fingerprint density at radius 2 is 2.00 bits per heavy atom. The number of hydrogen-bond donors (Lipinski definition) is 2. The first-order valence-corrected chi connectivity index (χ1v) is 6.45. The number of aryl methyl sites for hydroxylation is 2. The van der Waals surface area contributed by atoms with Crippen molar-refractivity contribution in [2.24, 2.45) is 4.99 Å². The third-order valence-electron chi connectivity index (χ3n) is 2.69. The highest BCUT2D eigenvalue weighted by Crippen LogP contribution is 2.00. The van der Waals surface area contributed by atoms with Crippen LogP contribution in [0, 0.1) is 13.8 Å². The van der Waals surface area contributed by atoms with Crippen molar-refractivity contribution in [1.29, 1.82) is 0 Å². The second-order valence-corrected chi connectivity index (χ2v) is 4.41. The van der Waals surface area contributed by atoms with E-state index in [4.69, 9.17) is 4.42 Å². The van der Waals surface area contributed by atoms with E-state index in [1.54, 1.807) is 13.3 Å². The maximum absolute atomic E-state index is 5.26. The molecule has 0 amide bonds. The molecule has 7 heteroatoms. The zero-order chi connectivity index (χ0) is 14.4. The molecule has 6 nitrogen and oxygen atoms in total. The lowest BCUT2D eigenvalue weighted by atomic mass is 10.3. The molecule has 0 atom stereocenters. The molecule has 114 valence electrons. The van der Waals surface area contributed by atoms with Gasteiger partial charge in [0.15, 0.2) is 5.96 Å². The van der Waals surface area contributed by atoms with Crippen molar-refractivity contribution in [3.63, 3.8) is 0 Å². The summed E-state index contributed by atoms with van der Waals surface area (Å²) in [4.78, 5) is 12.8. The number of hydrogen-bond acceptors (Lipinski definition) is 4. The van der Waals surface area contributed by atoms with Crippen molar-refractivity contribution in [1.82, 2.24) is 20.6 Å². The van der Waals surface area contributed by atoms with Crippen molar-refractivity contribution < 1.29 is 4.42 Å². The maximum atomic E-state index is 5.26. The quantitative estimate of drug-likeness (QED) is 0.467. The van der Waals surface area contributed by atoms with E-state index < -0.39 is 0 Å². The molecule has 0 aliphatic rings. The molecule has 2 aromatic heterocycles. The lowest BCUT2D eigenvalue weighted by molar-refractivity contribution is 0.501. The van der Waals surface area contributed by atoms with Crippen molar-refractivity contribution in [3.8, 4) is 0 Å². The lowest BCUT2D eigenvalue weighted by Crippen LogP contribution is -2.36.